The number of ether oxygens (including phenoxy) is 1. The Morgan fingerprint density at radius 2 is 1.81 bits per heavy atom. The van der Waals surface area contributed by atoms with Crippen molar-refractivity contribution in [1.29, 1.82) is 0 Å². The molecule has 2 N–H and O–H groups in total. The first-order valence-corrected chi connectivity index (χ1v) is 6.97. The van der Waals surface area contributed by atoms with E-state index in [1.54, 1.807) is 0 Å². The highest BCUT2D eigenvalue weighted by Gasteiger charge is 2.07. The van der Waals surface area contributed by atoms with Crippen molar-refractivity contribution < 1.29 is 4.74 Å². The number of anilines is 1. The number of aryl methyl sites for hydroxylation is 2. The number of aromatic nitrogens is 1. The molecule has 0 spiro atoms. The van der Waals surface area contributed by atoms with Crippen LogP contribution in [0.3, 0.4) is 0 Å². The fraction of sp³-hybridized carbons (Fsp3) is 0.167. The Hall–Kier alpha value is -2.55. The molecule has 1 heterocycles. The Morgan fingerprint density at radius 1 is 1.05 bits per heavy atom. The number of pyridine rings is 1. The maximum absolute atomic E-state index is 6.11. The summed E-state index contributed by atoms with van der Waals surface area (Å²) < 4.78 is 5.88. The maximum Gasteiger partial charge on any atom is 0.120 e. The van der Waals surface area contributed by atoms with Gasteiger partial charge in [0.05, 0.1) is 5.52 Å². The van der Waals surface area contributed by atoms with Crippen LogP contribution in [0.15, 0.2) is 48.5 Å². The Balaban J connectivity index is 1.93. The van der Waals surface area contributed by atoms with Gasteiger partial charge in [0.2, 0.25) is 0 Å². The highest BCUT2D eigenvalue weighted by molar-refractivity contribution is 5.93. The van der Waals surface area contributed by atoms with Crippen molar-refractivity contribution in [2.75, 3.05) is 5.73 Å². The number of fused-ring (bicyclic) bond motifs is 1. The summed E-state index contributed by atoms with van der Waals surface area (Å²) in [7, 11) is 0. The quantitative estimate of drug-likeness (QED) is 0.787. The summed E-state index contributed by atoms with van der Waals surface area (Å²) in [4.78, 5) is 4.56. The second-order valence-corrected chi connectivity index (χ2v) is 5.26. The third kappa shape index (κ3) is 2.82. The SMILES string of the molecule is Cc1cc(N)c2cc(OCc3ccccc3)cc(C)c2n1. The normalized spacial score (nSPS) is 10.8. The Morgan fingerprint density at radius 3 is 2.57 bits per heavy atom. The van der Waals surface area contributed by atoms with Gasteiger partial charge in [-0.15, -0.1) is 0 Å². The van der Waals surface area contributed by atoms with Crippen LogP contribution in [0, 0.1) is 13.8 Å². The highest BCUT2D eigenvalue weighted by atomic mass is 16.5. The molecule has 3 aromatic rings. The summed E-state index contributed by atoms with van der Waals surface area (Å²) in [6.07, 6.45) is 0. The summed E-state index contributed by atoms with van der Waals surface area (Å²) >= 11 is 0. The predicted molar refractivity (Wildman–Crippen MR) is 86.4 cm³/mol. The molecule has 0 atom stereocenters. The summed E-state index contributed by atoms with van der Waals surface area (Å²) in [6, 6.07) is 16.0. The Labute approximate surface area is 124 Å². The average molecular weight is 278 g/mol. The topological polar surface area (TPSA) is 48.1 Å². The fourth-order valence-electron chi connectivity index (χ4n) is 2.45. The molecule has 0 unspecified atom stereocenters. The van der Waals surface area contributed by atoms with E-state index >= 15 is 0 Å². The van der Waals surface area contributed by atoms with Crippen molar-refractivity contribution in [2.24, 2.45) is 0 Å². The summed E-state index contributed by atoms with van der Waals surface area (Å²) in [6.45, 7) is 4.53. The van der Waals surface area contributed by atoms with Crippen LogP contribution in [0.1, 0.15) is 16.8 Å². The van der Waals surface area contributed by atoms with Gasteiger partial charge in [-0.05, 0) is 43.2 Å². The number of hydrogen-bond donors (Lipinski definition) is 1. The Kier molecular flexibility index (Phi) is 3.48. The van der Waals surface area contributed by atoms with Crippen molar-refractivity contribution in [1.82, 2.24) is 4.98 Å². The van der Waals surface area contributed by atoms with Gasteiger partial charge in [0.25, 0.3) is 0 Å². The van der Waals surface area contributed by atoms with Crippen molar-refractivity contribution in [3.05, 3.63) is 65.4 Å². The van der Waals surface area contributed by atoms with Gasteiger partial charge in [-0.1, -0.05) is 30.3 Å². The molecule has 0 aliphatic rings. The third-order valence-electron chi connectivity index (χ3n) is 3.49. The zero-order chi connectivity index (χ0) is 14.8. The number of benzene rings is 2. The van der Waals surface area contributed by atoms with Gasteiger partial charge in [-0.25, -0.2) is 0 Å². The molecule has 0 saturated heterocycles. The van der Waals surface area contributed by atoms with Crippen LogP contribution in [0.25, 0.3) is 10.9 Å². The number of hydrogen-bond acceptors (Lipinski definition) is 3. The first-order chi connectivity index (χ1) is 10.1. The van der Waals surface area contributed by atoms with Gasteiger partial charge >= 0.3 is 0 Å². The van der Waals surface area contributed by atoms with Gasteiger partial charge in [-0.2, -0.15) is 0 Å². The van der Waals surface area contributed by atoms with E-state index in [9.17, 15) is 0 Å². The number of nitrogens with zero attached hydrogens (tertiary/aromatic N) is 1. The molecule has 2 aromatic carbocycles. The lowest BCUT2D eigenvalue weighted by Crippen LogP contribution is -1.98. The number of nitrogen functional groups attached to an aromatic ring is 1. The first kappa shape index (κ1) is 13.4. The van der Waals surface area contributed by atoms with Crippen LogP contribution < -0.4 is 10.5 Å². The van der Waals surface area contributed by atoms with Gasteiger partial charge in [0, 0.05) is 16.8 Å². The van der Waals surface area contributed by atoms with Crippen molar-refractivity contribution in [2.45, 2.75) is 20.5 Å². The van der Waals surface area contributed by atoms with Crippen molar-refractivity contribution in [3.63, 3.8) is 0 Å². The zero-order valence-electron chi connectivity index (χ0n) is 12.3. The van der Waals surface area contributed by atoms with Crippen LogP contribution in [-0.2, 0) is 6.61 Å². The largest absolute Gasteiger partial charge is 0.489 e. The van der Waals surface area contributed by atoms with Crippen molar-refractivity contribution in [3.8, 4) is 5.75 Å². The molecule has 106 valence electrons. The fourth-order valence-corrected chi connectivity index (χ4v) is 2.45. The molecular formula is C18H18N2O. The number of rotatable bonds is 3. The molecule has 0 aliphatic heterocycles. The van der Waals surface area contributed by atoms with E-state index in [1.165, 1.54) is 0 Å². The van der Waals surface area contributed by atoms with Crippen LogP contribution in [0.5, 0.6) is 5.75 Å². The molecule has 3 nitrogen and oxygen atoms in total. The van der Waals surface area contributed by atoms with Gasteiger partial charge in [0.1, 0.15) is 12.4 Å². The Bertz CT molecular complexity index is 782. The molecule has 0 radical (unpaired) electrons. The minimum atomic E-state index is 0.547. The van der Waals surface area contributed by atoms with Gasteiger partial charge in [0.15, 0.2) is 0 Å². The molecule has 3 heteroatoms. The van der Waals surface area contributed by atoms with E-state index in [4.69, 9.17) is 10.5 Å². The van der Waals surface area contributed by atoms with Crippen molar-refractivity contribution >= 4 is 16.6 Å². The van der Waals surface area contributed by atoms with Crippen LogP contribution in [-0.4, -0.2) is 4.98 Å². The lowest BCUT2D eigenvalue weighted by Gasteiger charge is -2.11. The van der Waals surface area contributed by atoms with E-state index < -0.39 is 0 Å². The molecule has 21 heavy (non-hydrogen) atoms. The summed E-state index contributed by atoms with van der Waals surface area (Å²) in [5.74, 6) is 0.821. The minimum Gasteiger partial charge on any atom is -0.489 e. The number of nitrogens with two attached hydrogens (primary N) is 1. The van der Waals surface area contributed by atoms with Gasteiger partial charge in [-0.3, -0.25) is 4.98 Å². The highest BCUT2D eigenvalue weighted by Crippen LogP contribution is 2.28. The monoisotopic (exact) mass is 278 g/mol. The molecule has 3 rings (SSSR count). The molecule has 0 saturated carbocycles. The lowest BCUT2D eigenvalue weighted by atomic mass is 10.1. The van der Waals surface area contributed by atoms with E-state index in [1.807, 2.05) is 62.4 Å². The molecule has 0 bridgehead atoms. The van der Waals surface area contributed by atoms with E-state index in [0.717, 1.165) is 39.2 Å². The van der Waals surface area contributed by atoms with Gasteiger partial charge < -0.3 is 10.5 Å². The van der Waals surface area contributed by atoms with Crippen LogP contribution in [0.4, 0.5) is 5.69 Å². The smallest absolute Gasteiger partial charge is 0.120 e. The summed E-state index contributed by atoms with van der Waals surface area (Å²) in [5.41, 5.74) is 10.9. The molecule has 0 fully saturated rings. The van der Waals surface area contributed by atoms with E-state index in [-0.39, 0.29) is 0 Å². The summed E-state index contributed by atoms with van der Waals surface area (Å²) in [5, 5.41) is 0.948. The molecule has 1 aromatic heterocycles. The molecule has 0 aliphatic carbocycles. The van der Waals surface area contributed by atoms with Crippen LogP contribution in [0.2, 0.25) is 0 Å². The third-order valence-corrected chi connectivity index (χ3v) is 3.49. The van der Waals surface area contributed by atoms with E-state index in [2.05, 4.69) is 4.98 Å². The predicted octanol–water partition coefficient (Wildman–Crippen LogP) is 4.01. The standard InChI is InChI=1S/C18H18N2O/c1-12-8-15(21-11-14-6-4-3-5-7-14)10-16-17(19)9-13(2)20-18(12)16/h3-10H,11H2,1-2H3,(H2,19,20). The minimum absolute atomic E-state index is 0.547. The second-order valence-electron chi connectivity index (χ2n) is 5.26. The first-order valence-electron chi connectivity index (χ1n) is 6.97. The zero-order valence-corrected chi connectivity index (χ0v) is 12.3. The van der Waals surface area contributed by atoms with Crippen LogP contribution >= 0.6 is 0 Å². The maximum atomic E-state index is 6.11. The average Bonchev–Trinajstić information content (AvgIpc) is 2.47. The van der Waals surface area contributed by atoms with E-state index in [0.29, 0.717) is 6.61 Å². The molecular weight excluding hydrogens is 260 g/mol. The second kappa shape index (κ2) is 5.44. The molecule has 0 amide bonds. The lowest BCUT2D eigenvalue weighted by molar-refractivity contribution is 0.306.